The van der Waals surface area contributed by atoms with Gasteiger partial charge in [0.2, 0.25) is 0 Å². The maximum absolute atomic E-state index is 9.60. The summed E-state index contributed by atoms with van der Waals surface area (Å²) in [7, 11) is 0. The van der Waals surface area contributed by atoms with E-state index in [0.717, 1.165) is 12.5 Å². The first kappa shape index (κ1) is 10.4. The van der Waals surface area contributed by atoms with Crippen molar-refractivity contribution < 1.29 is 14.9 Å². The van der Waals surface area contributed by atoms with Crippen molar-refractivity contribution in [2.75, 3.05) is 19.7 Å². The quantitative estimate of drug-likeness (QED) is 0.573. The predicted molar refractivity (Wildman–Crippen MR) is 52.0 cm³/mol. The van der Waals surface area contributed by atoms with E-state index in [1.165, 1.54) is 12.8 Å². The van der Waals surface area contributed by atoms with Crippen LogP contribution in [-0.4, -0.2) is 48.2 Å². The highest BCUT2D eigenvalue weighted by atomic mass is 16.5. The number of ether oxygens (including phenoxy) is 1. The van der Waals surface area contributed by atoms with Crippen LogP contribution in [0.4, 0.5) is 0 Å². The lowest BCUT2D eigenvalue weighted by Gasteiger charge is -2.32. The van der Waals surface area contributed by atoms with Crippen molar-refractivity contribution in [2.24, 2.45) is 5.92 Å². The van der Waals surface area contributed by atoms with Crippen LogP contribution in [0.3, 0.4) is 0 Å². The van der Waals surface area contributed by atoms with Gasteiger partial charge in [-0.15, -0.1) is 0 Å². The predicted octanol–water partition coefficient (Wildman–Crippen LogP) is -0.503. The standard InChI is InChI=1S/C10H19NO3/c12-8-3-4-14-9(10(8)13)6-11-5-7-1-2-7/h7-13H,1-6H2. The fourth-order valence-corrected chi connectivity index (χ4v) is 1.79. The Bertz CT molecular complexity index is 184. The third kappa shape index (κ3) is 2.67. The lowest BCUT2D eigenvalue weighted by molar-refractivity contribution is -0.132. The van der Waals surface area contributed by atoms with Crippen LogP contribution in [0.1, 0.15) is 19.3 Å². The minimum atomic E-state index is -0.726. The van der Waals surface area contributed by atoms with Crippen LogP contribution in [-0.2, 0) is 4.74 Å². The SMILES string of the molecule is OC1CCOC(CNCC2CC2)C1O. The summed E-state index contributed by atoms with van der Waals surface area (Å²) in [5, 5.41) is 22.3. The van der Waals surface area contributed by atoms with E-state index in [0.29, 0.717) is 19.6 Å². The second-order valence-electron chi connectivity index (χ2n) is 4.36. The molecule has 4 nitrogen and oxygen atoms in total. The normalized spacial score (nSPS) is 38.6. The van der Waals surface area contributed by atoms with Gasteiger partial charge < -0.3 is 20.3 Å². The number of hydrogen-bond acceptors (Lipinski definition) is 4. The van der Waals surface area contributed by atoms with Gasteiger partial charge in [0.1, 0.15) is 6.10 Å². The zero-order valence-electron chi connectivity index (χ0n) is 8.35. The van der Waals surface area contributed by atoms with Crippen molar-refractivity contribution >= 4 is 0 Å². The summed E-state index contributed by atoms with van der Waals surface area (Å²) in [5.74, 6) is 0.834. The summed E-state index contributed by atoms with van der Waals surface area (Å²) in [4.78, 5) is 0. The third-order valence-corrected chi connectivity index (χ3v) is 3.00. The minimum Gasteiger partial charge on any atom is -0.390 e. The first-order valence-corrected chi connectivity index (χ1v) is 5.46. The van der Waals surface area contributed by atoms with Gasteiger partial charge in [-0.1, -0.05) is 0 Å². The van der Waals surface area contributed by atoms with E-state index in [-0.39, 0.29) is 6.10 Å². The fraction of sp³-hybridized carbons (Fsp3) is 1.00. The van der Waals surface area contributed by atoms with Gasteiger partial charge in [-0.3, -0.25) is 0 Å². The zero-order chi connectivity index (χ0) is 9.97. The molecule has 14 heavy (non-hydrogen) atoms. The third-order valence-electron chi connectivity index (χ3n) is 3.00. The van der Waals surface area contributed by atoms with Gasteiger partial charge in [0.15, 0.2) is 0 Å². The van der Waals surface area contributed by atoms with Crippen LogP contribution in [0.15, 0.2) is 0 Å². The smallest absolute Gasteiger partial charge is 0.107 e. The zero-order valence-corrected chi connectivity index (χ0v) is 8.35. The lowest BCUT2D eigenvalue weighted by atomic mass is 10.0. The lowest BCUT2D eigenvalue weighted by Crippen LogP contribution is -2.49. The Morgan fingerprint density at radius 3 is 2.64 bits per heavy atom. The molecule has 0 bridgehead atoms. The first-order chi connectivity index (χ1) is 6.77. The number of aliphatic hydroxyl groups excluding tert-OH is 2. The molecule has 3 atom stereocenters. The molecule has 3 unspecified atom stereocenters. The average Bonchev–Trinajstić information content (AvgIpc) is 2.96. The highest BCUT2D eigenvalue weighted by Gasteiger charge is 2.31. The summed E-state index contributed by atoms with van der Waals surface area (Å²) < 4.78 is 5.39. The molecule has 0 aromatic heterocycles. The van der Waals surface area contributed by atoms with Gasteiger partial charge in [0.25, 0.3) is 0 Å². The van der Waals surface area contributed by atoms with Crippen molar-refractivity contribution in [2.45, 2.75) is 37.6 Å². The monoisotopic (exact) mass is 201 g/mol. The number of nitrogens with one attached hydrogen (secondary N) is 1. The maximum Gasteiger partial charge on any atom is 0.107 e. The highest BCUT2D eigenvalue weighted by Crippen LogP contribution is 2.27. The molecular formula is C10H19NO3. The maximum atomic E-state index is 9.60. The summed E-state index contributed by atoms with van der Waals surface area (Å²) in [5.41, 5.74) is 0. The largest absolute Gasteiger partial charge is 0.390 e. The van der Waals surface area contributed by atoms with Gasteiger partial charge in [-0.2, -0.15) is 0 Å². The summed E-state index contributed by atoms with van der Waals surface area (Å²) in [6.45, 7) is 2.21. The number of aliphatic hydroxyl groups is 2. The molecule has 4 heteroatoms. The van der Waals surface area contributed by atoms with E-state index in [9.17, 15) is 10.2 Å². The van der Waals surface area contributed by atoms with Gasteiger partial charge in [-0.25, -0.2) is 0 Å². The topological polar surface area (TPSA) is 61.7 Å². The number of rotatable bonds is 4. The summed E-state index contributed by atoms with van der Waals surface area (Å²) >= 11 is 0. The molecule has 0 radical (unpaired) electrons. The van der Waals surface area contributed by atoms with E-state index in [2.05, 4.69) is 5.32 Å². The van der Waals surface area contributed by atoms with Crippen LogP contribution >= 0.6 is 0 Å². The average molecular weight is 201 g/mol. The highest BCUT2D eigenvalue weighted by molar-refractivity contribution is 4.83. The van der Waals surface area contributed by atoms with Crippen LogP contribution in [0.5, 0.6) is 0 Å². The minimum absolute atomic E-state index is 0.238. The molecule has 82 valence electrons. The van der Waals surface area contributed by atoms with Crippen molar-refractivity contribution in [1.82, 2.24) is 5.32 Å². The van der Waals surface area contributed by atoms with E-state index >= 15 is 0 Å². The van der Waals surface area contributed by atoms with Crippen molar-refractivity contribution in [3.8, 4) is 0 Å². The molecule has 0 aromatic carbocycles. The van der Waals surface area contributed by atoms with E-state index < -0.39 is 12.2 Å². The van der Waals surface area contributed by atoms with Crippen molar-refractivity contribution in [3.63, 3.8) is 0 Å². The molecule has 3 N–H and O–H groups in total. The van der Waals surface area contributed by atoms with E-state index in [4.69, 9.17) is 4.74 Å². The molecule has 0 amide bonds. The van der Waals surface area contributed by atoms with Gasteiger partial charge >= 0.3 is 0 Å². The molecule has 1 heterocycles. The Morgan fingerprint density at radius 2 is 1.93 bits per heavy atom. The van der Waals surface area contributed by atoms with Gasteiger partial charge in [0.05, 0.1) is 12.2 Å². The molecule has 1 saturated carbocycles. The Kier molecular flexibility index (Phi) is 3.38. The van der Waals surface area contributed by atoms with Crippen LogP contribution in [0, 0.1) is 5.92 Å². The summed E-state index contributed by atoms with van der Waals surface area (Å²) in [6.07, 6.45) is 1.61. The molecule has 1 saturated heterocycles. The van der Waals surface area contributed by atoms with Gasteiger partial charge in [0, 0.05) is 13.2 Å². The molecule has 0 spiro atoms. The van der Waals surface area contributed by atoms with Crippen LogP contribution in [0.25, 0.3) is 0 Å². The van der Waals surface area contributed by atoms with Crippen molar-refractivity contribution in [1.29, 1.82) is 0 Å². The Hall–Kier alpha value is -0.160. The molecule has 2 fully saturated rings. The van der Waals surface area contributed by atoms with Crippen molar-refractivity contribution in [3.05, 3.63) is 0 Å². The second kappa shape index (κ2) is 4.57. The van der Waals surface area contributed by atoms with Crippen LogP contribution < -0.4 is 5.32 Å². The van der Waals surface area contributed by atoms with E-state index in [1.807, 2.05) is 0 Å². The molecule has 1 aliphatic carbocycles. The Labute approximate surface area is 84.3 Å². The van der Waals surface area contributed by atoms with E-state index in [1.54, 1.807) is 0 Å². The molecule has 2 rings (SSSR count). The molecular weight excluding hydrogens is 182 g/mol. The number of hydrogen-bond donors (Lipinski definition) is 3. The first-order valence-electron chi connectivity index (χ1n) is 5.46. The summed E-state index contributed by atoms with van der Waals surface area (Å²) in [6, 6.07) is 0. The second-order valence-corrected chi connectivity index (χ2v) is 4.36. The molecule has 0 aromatic rings. The van der Waals surface area contributed by atoms with Crippen LogP contribution in [0.2, 0.25) is 0 Å². The Morgan fingerprint density at radius 1 is 1.14 bits per heavy atom. The fourth-order valence-electron chi connectivity index (χ4n) is 1.79. The molecule has 2 aliphatic rings. The Balaban J connectivity index is 1.66. The van der Waals surface area contributed by atoms with Gasteiger partial charge in [-0.05, 0) is 31.7 Å². The molecule has 1 aliphatic heterocycles.